The van der Waals surface area contributed by atoms with Crippen LogP contribution in [0.4, 0.5) is 5.69 Å². The highest BCUT2D eigenvalue weighted by Crippen LogP contribution is 2.19. The number of carbonyl (C=O) groups excluding carboxylic acids is 1. The second-order valence-electron chi connectivity index (χ2n) is 4.69. The Morgan fingerprint density at radius 1 is 1.38 bits per heavy atom. The Hall–Kier alpha value is -1.38. The van der Waals surface area contributed by atoms with Crippen LogP contribution in [0.2, 0.25) is 0 Å². The number of carbonyl (C=O) groups is 1. The summed E-state index contributed by atoms with van der Waals surface area (Å²) in [6.07, 6.45) is 0.548. The van der Waals surface area contributed by atoms with Gasteiger partial charge in [-0.25, -0.2) is 0 Å². The molecule has 0 radical (unpaired) electrons. The van der Waals surface area contributed by atoms with Crippen molar-refractivity contribution in [2.75, 3.05) is 5.32 Å². The molecule has 0 aliphatic carbocycles. The molecule has 0 spiro atoms. The standard InChI is InChI=1S/C13H20N2O/c1-8(2)6-12(16)15-13-9(3)7-10(4)14-11(13)5/h7-8H,6H2,1-5H3,(H,15,16). The average molecular weight is 220 g/mol. The van der Waals surface area contributed by atoms with Gasteiger partial charge in [0, 0.05) is 12.1 Å². The molecule has 0 aliphatic heterocycles. The van der Waals surface area contributed by atoms with Crippen LogP contribution in [-0.4, -0.2) is 10.9 Å². The number of hydrogen-bond acceptors (Lipinski definition) is 2. The Labute approximate surface area is 97.3 Å². The zero-order valence-corrected chi connectivity index (χ0v) is 10.7. The highest BCUT2D eigenvalue weighted by atomic mass is 16.1. The van der Waals surface area contributed by atoms with Crippen molar-refractivity contribution in [2.45, 2.75) is 41.0 Å². The van der Waals surface area contributed by atoms with Gasteiger partial charge in [-0.3, -0.25) is 9.78 Å². The maximum atomic E-state index is 11.7. The predicted molar refractivity (Wildman–Crippen MR) is 66.5 cm³/mol. The van der Waals surface area contributed by atoms with Gasteiger partial charge in [0.15, 0.2) is 0 Å². The number of aryl methyl sites for hydroxylation is 3. The highest BCUT2D eigenvalue weighted by molar-refractivity contribution is 5.92. The van der Waals surface area contributed by atoms with E-state index < -0.39 is 0 Å². The van der Waals surface area contributed by atoms with Gasteiger partial charge in [0.25, 0.3) is 0 Å². The van der Waals surface area contributed by atoms with E-state index in [-0.39, 0.29) is 5.91 Å². The monoisotopic (exact) mass is 220 g/mol. The lowest BCUT2D eigenvalue weighted by molar-refractivity contribution is -0.116. The molecule has 1 N–H and O–H groups in total. The Morgan fingerprint density at radius 3 is 2.50 bits per heavy atom. The fraction of sp³-hybridized carbons (Fsp3) is 0.538. The van der Waals surface area contributed by atoms with Crippen molar-refractivity contribution < 1.29 is 4.79 Å². The zero-order chi connectivity index (χ0) is 12.3. The largest absolute Gasteiger partial charge is 0.324 e. The third-order valence-corrected chi connectivity index (χ3v) is 2.38. The molecule has 3 nitrogen and oxygen atoms in total. The summed E-state index contributed by atoms with van der Waals surface area (Å²) in [4.78, 5) is 16.0. The molecular formula is C13H20N2O. The molecule has 1 heterocycles. The average Bonchev–Trinajstić information content (AvgIpc) is 2.09. The van der Waals surface area contributed by atoms with E-state index in [1.54, 1.807) is 0 Å². The third-order valence-electron chi connectivity index (χ3n) is 2.38. The SMILES string of the molecule is Cc1cc(C)c(NC(=O)CC(C)C)c(C)n1. The fourth-order valence-electron chi connectivity index (χ4n) is 1.77. The van der Waals surface area contributed by atoms with Gasteiger partial charge in [-0.15, -0.1) is 0 Å². The first-order valence-corrected chi connectivity index (χ1v) is 5.65. The van der Waals surface area contributed by atoms with Crippen LogP contribution in [0.1, 0.15) is 37.2 Å². The summed E-state index contributed by atoms with van der Waals surface area (Å²) in [5.41, 5.74) is 3.80. The van der Waals surface area contributed by atoms with Gasteiger partial charge in [-0.05, 0) is 38.3 Å². The van der Waals surface area contributed by atoms with Crippen molar-refractivity contribution in [1.29, 1.82) is 0 Å². The second-order valence-corrected chi connectivity index (χ2v) is 4.69. The van der Waals surface area contributed by atoms with E-state index in [0.717, 1.165) is 22.6 Å². The van der Waals surface area contributed by atoms with Crippen LogP contribution < -0.4 is 5.32 Å². The van der Waals surface area contributed by atoms with Crippen LogP contribution in [0.25, 0.3) is 0 Å². The highest BCUT2D eigenvalue weighted by Gasteiger charge is 2.10. The summed E-state index contributed by atoms with van der Waals surface area (Å²) in [6.45, 7) is 9.94. The Morgan fingerprint density at radius 2 is 2.00 bits per heavy atom. The molecule has 0 atom stereocenters. The molecule has 3 heteroatoms. The van der Waals surface area contributed by atoms with E-state index in [1.165, 1.54) is 0 Å². The molecule has 0 fully saturated rings. The minimum atomic E-state index is 0.0619. The van der Waals surface area contributed by atoms with Crippen LogP contribution >= 0.6 is 0 Å². The lowest BCUT2D eigenvalue weighted by Crippen LogP contribution is -2.16. The first-order chi connectivity index (χ1) is 7.40. The van der Waals surface area contributed by atoms with Gasteiger partial charge >= 0.3 is 0 Å². The van der Waals surface area contributed by atoms with Crippen molar-refractivity contribution in [3.8, 4) is 0 Å². The first kappa shape index (κ1) is 12.7. The molecule has 1 aromatic heterocycles. The third kappa shape index (κ3) is 3.33. The maximum Gasteiger partial charge on any atom is 0.224 e. The predicted octanol–water partition coefficient (Wildman–Crippen LogP) is 2.99. The molecule has 1 amide bonds. The van der Waals surface area contributed by atoms with Crippen molar-refractivity contribution in [3.05, 3.63) is 23.0 Å². The summed E-state index contributed by atoms with van der Waals surface area (Å²) in [6, 6.07) is 1.98. The van der Waals surface area contributed by atoms with Gasteiger partial charge in [-0.2, -0.15) is 0 Å². The lowest BCUT2D eigenvalue weighted by Gasteiger charge is -2.12. The summed E-state index contributed by atoms with van der Waals surface area (Å²) < 4.78 is 0. The topological polar surface area (TPSA) is 42.0 Å². The van der Waals surface area contributed by atoms with Crippen molar-refractivity contribution in [2.24, 2.45) is 5.92 Å². The van der Waals surface area contributed by atoms with Crippen LogP contribution in [0.3, 0.4) is 0 Å². The van der Waals surface area contributed by atoms with E-state index >= 15 is 0 Å². The minimum absolute atomic E-state index is 0.0619. The van der Waals surface area contributed by atoms with Gasteiger partial charge in [0.2, 0.25) is 5.91 Å². The number of pyridine rings is 1. The van der Waals surface area contributed by atoms with E-state index in [9.17, 15) is 4.79 Å². The number of rotatable bonds is 3. The second kappa shape index (κ2) is 5.10. The van der Waals surface area contributed by atoms with Crippen molar-refractivity contribution >= 4 is 11.6 Å². The van der Waals surface area contributed by atoms with Crippen LogP contribution in [0.5, 0.6) is 0 Å². The van der Waals surface area contributed by atoms with E-state index in [2.05, 4.69) is 10.3 Å². The minimum Gasteiger partial charge on any atom is -0.324 e. The molecule has 0 aromatic carbocycles. The van der Waals surface area contributed by atoms with Gasteiger partial charge < -0.3 is 5.32 Å². The van der Waals surface area contributed by atoms with E-state index in [1.807, 2.05) is 40.7 Å². The quantitative estimate of drug-likeness (QED) is 0.850. The molecule has 16 heavy (non-hydrogen) atoms. The van der Waals surface area contributed by atoms with Crippen LogP contribution in [-0.2, 0) is 4.79 Å². The number of aromatic nitrogens is 1. The normalized spacial score (nSPS) is 10.6. The first-order valence-electron chi connectivity index (χ1n) is 5.65. The molecule has 0 bridgehead atoms. The summed E-state index contributed by atoms with van der Waals surface area (Å²) in [5.74, 6) is 0.436. The number of nitrogens with zero attached hydrogens (tertiary/aromatic N) is 1. The van der Waals surface area contributed by atoms with Crippen molar-refractivity contribution in [1.82, 2.24) is 4.98 Å². The van der Waals surface area contributed by atoms with Crippen molar-refractivity contribution in [3.63, 3.8) is 0 Å². The molecule has 88 valence electrons. The molecule has 0 saturated carbocycles. The molecule has 1 aromatic rings. The number of amides is 1. The summed E-state index contributed by atoms with van der Waals surface area (Å²) in [7, 11) is 0. The van der Waals surface area contributed by atoms with Gasteiger partial charge in [-0.1, -0.05) is 13.8 Å². The Bertz CT molecular complexity index is 374. The maximum absolute atomic E-state index is 11.7. The molecule has 0 saturated heterocycles. The fourth-order valence-corrected chi connectivity index (χ4v) is 1.77. The Balaban J connectivity index is 2.85. The zero-order valence-electron chi connectivity index (χ0n) is 10.7. The van der Waals surface area contributed by atoms with E-state index in [0.29, 0.717) is 12.3 Å². The van der Waals surface area contributed by atoms with Gasteiger partial charge in [0.1, 0.15) is 0 Å². The number of anilines is 1. The molecular weight excluding hydrogens is 200 g/mol. The van der Waals surface area contributed by atoms with Crippen LogP contribution in [0.15, 0.2) is 6.07 Å². The van der Waals surface area contributed by atoms with Crippen LogP contribution in [0, 0.1) is 26.7 Å². The smallest absolute Gasteiger partial charge is 0.224 e. The lowest BCUT2D eigenvalue weighted by atomic mass is 10.1. The molecule has 1 rings (SSSR count). The summed E-state index contributed by atoms with van der Waals surface area (Å²) in [5, 5.41) is 2.94. The number of hydrogen-bond donors (Lipinski definition) is 1. The number of nitrogens with one attached hydrogen (secondary N) is 1. The molecule has 0 unspecified atom stereocenters. The summed E-state index contributed by atoms with van der Waals surface area (Å²) >= 11 is 0. The van der Waals surface area contributed by atoms with Gasteiger partial charge in [0.05, 0.1) is 11.4 Å². The molecule has 0 aliphatic rings. The van der Waals surface area contributed by atoms with E-state index in [4.69, 9.17) is 0 Å². The Kier molecular flexibility index (Phi) is 4.05.